The van der Waals surface area contributed by atoms with Gasteiger partial charge in [-0.15, -0.1) is 11.3 Å². The standard InChI is InChI=1S/C10H13BrN2O2S/c11-7-3-8(16-5-7)4-13-2-1-10(12,6-13)9(14)15/h3,5H,1-2,4,6,12H2,(H,14,15). The fraction of sp³-hybridized carbons (Fsp3) is 0.500. The molecule has 1 aromatic heterocycles. The second kappa shape index (κ2) is 4.44. The lowest BCUT2D eigenvalue weighted by atomic mass is 10.0. The Morgan fingerprint density at radius 3 is 3.00 bits per heavy atom. The predicted molar refractivity (Wildman–Crippen MR) is 66.5 cm³/mol. The summed E-state index contributed by atoms with van der Waals surface area (Å²) < 4.78 is 1.07. The van der Waals surface area contributed by atoms with E-state index in [4.69, 9.17) is 10.8 Å². The van der Waals surface area contributed by atoms with Gasteiger partial charge < -0.3 is 10.8 Å². The smallest absolute Gasteiger partial charge is 0.325 e. The first-order valence-electron chi connectivity index (χ1n) is 4.97. The molecule has 4 nitrogen and oxygen atoms in total. The van der Waals surface area contributed by atoms with Gasteiger partial charge in [0.25, 0.3) is 0 Å². The number of carbonyl (C=O) groups is 1. The quantitative estimate of drug-likeness (QED) is 0.888. The molecular formula is C10H13BrN2O2S. The number of nitrogens with two attached hydrogens (primary N) is 1. The zero-order valence-electron chi connectivity index (χ0n) is 8.65. The molecule has 2 rings (SSSR count). The van der Waals surface area contributed by atoms with Crippen LogP contribution in [-0.4, -0.2) is 34.6 Å². The molecule has 2 heterocycles. The van der Waals surface area contributed by atoms with Crippen LogP contribution in [0.2, 0.25) is 0 Å². The largest absolute Gasteiger partial charge is 0.480 e. The minimum absolute atomic E-state index is 0.428. The topological polar surface area (TPSA) is 66.6 Å². The Morgan fingerprint density at radius 2 is 2.50 bits per heavy atom. The summed E-state index contributed by atoms with van der Waals surface area (Å²) in [6, 6.07) is 2.06. The average Bonchev–Trinajstić information content (AvgIpc) is 2.75. The summed E-state index contributed by atoms with van der Waals surface area (Å²) in [5, 5.41) is 11.0. The van der Waals surface area contributed by atoms with E-state index in [1.165, 1.54) is 4.88 Å². The van der Waals surface area contributed by atoms with Crippen LogP contribution in [0.4, 0.5) is 0 Å². The number of nitrogens with zero attached hydrogens (tertiary/aromatic N) is 1. The van der Waals surface area contributed by atoms with E-state index >= 15 is 0 Å². The molecule has 0 bridgehead atoms. The highest BCUT2D eigenvalue weighted by atomic mass is 79.9. The normalized spacial score (nSPS) is 26.1. The van der Waals surface area contributed by atoms with Gasteiger partial charge >= 0.3 is 5.97 Å². The number of thiophene rings is 1. The molecule has 16 heavy (non-hydrogen) atoms. The molecule has 88 valence electrons. The molecule has 0 aliphatic carbocycles. The van der Waals surface area contributed by atoms with E-state index in [1.54, 1.807) is 11.3 Å². The minimum Gasteiger partial charge on any atom is -0.480 e. The zero-order chi connectivity index (χ0) is 11.8. The molecular weight excluding hydrogens is 292 g/mol. The molecule has 0 saturated carbocycles. The van der Waals surface area contributed by atoms with Crippen molar-refractivity contribution in [2.24, 2.45) is 5.73 Å². The first-order valence-corrected chi connectivity index (χ1v) is 6.64. The van der Waals surface area contributed by atoms with Crippen LogP contribution in [0.5, 0.6) is 0 Å². The molecule has 3 N–H and O–H groups in total. The summed E-state index contributed by atoms with van der Waals surface area (Å²) >= 11 is 5.07. The van der Waals surface area contributed by atoms with Crippen molar-refractivity contribution in [2.45, 2.75) is 18.5 Å². The van der Waals surface area contributed by atoms with E-state index in [1.807, 2.05) is 5.38 Å². The number of carboxylic acid groups (broad SMARTS) is 1. The lowest BCUT2D eigenvalue weighted by Crippen LogP contribution is -2.49. The van der Waals surface area contributed by atoms with Crippen LogP contribution in [-0.2, 0) is 11.3 Å². The highest BCUT2D eigenvalue weighted by Crippen LogP contribution is 2.25. The molecule has 6 heteroatoms. The third-order valence-electron chi connectivity index (χ3n) is 2.81. The van der Waals surface area contributed by atoms with Crippen LogP contribution >= 0.6 is 27.3 Å². The second-order valence-corrected chi connectivity index (χ2v) is 6.06. The van der Waals surface area contributed by atoms with E-state index < -0.39 is 11.5 Å². The highest BCUT2D eigenvalue weighted by Gasteiger charge is 2.41. The van der Waals surface area contributed by atoms with Crippen LogP contribution in [0.3, 0.4) is 0 Å². The minimum atomic E-state index is -1.06. The Kier molecular flexibility index (Phi) is 3.34. The number of rotatable bonds is 3. The van der Waals surface area contributed by atoms with E-state index in [0.29, 0.717) is 13.0 Å². The van der Waals surface area contributed by atoms with Crippen molar-refractivity contribution in [3.05, 3.63) is 20.8 Å². The monoisotopic (exact) mass is 304 g/mol. The third-order valence-corrected chi connectivity index (χ3v) is 4.49. The fourth-order valence-corrected chi connectivity index (χ4v) is 3.37. The van der Waals surface area contributed by atoms with Crippen LogP contribution in [0.25, 0.3) is 0 Å². The summed E-state index contributed by atoms with van der Waals surface area (Å²) in [4.78, 5) is 14.3. The second-order valence-electron chi connectivity index (χ2n) is 4.15. The molecule has 1 saturated heterocycles. The van der Waals surface area contributed by atoms with Crippen LogP contribution in [0, 0.1) is 0 Å². The van der Waals surface area contributed by atoms with Gasteiger partial charge in [0.05, 0.1) is 0 Å². The Labute approximate surface area is 106 Å². The van der Waals surface area contributed by atoms with Crippen molar-refractivity contribution >= 4 is 33.2 Å². The molecule has 1 fully saturated rings. The van der Waals surface area contributed by atoms with E-state index in [-0.39, 0.29) is 0 Å². The lowest BCUT2D eigenvalue weighted by Gasteiger charge is -2.19. The summed E-state index contributed by atoms with van der Waals surface area (Å²) in [6.45, 7) is 1.96. The number of hydrogen-bond donors (Lipinski definition) is 2. The first kappa shape index (κ1) is 12.0. The van der Waals surface area contributed by atoms with Gasteiger partial charge in [0.1, 0.15) is 5.54 Å². The van der Waals surface area contributed by atoms with Gasteiger partial charge in [-0.25, -0.2) is 0 Å². The molecule has 0 aromatic carbocycles. The van der Waals surface area contributed by atoms with Gasteiger partial charge in [0, 0.05) is 34.4 Å². The predicted octanol–water partition coefficient (Wildman–Crippen LogP) is 1.50. The maximum absolute atomic E-state index is 11.0. The van der Waals surface area contributed by atoms with Gasteiger partial charge in [0.2, 0.25) is 0 Å². The van der Waals surface area contributed by atoms with Crippen molar-refractivity contribution in [1.82, 2.24) is 4.90 Å². The summed E-state index contributed by atoms with van der Waals surface area (Å²) in [7, 11) is 0. The Balaban J connectivity index is 1.97. The maximum atomic E-state index is 11.0. The lowest BCUT2D eigenvalue weighted by molar-refractivity contribution is -0.142. The number of hydrogen-bond acceptors (Lipinski definition) is 4. The van der Waals surface area contributed by atoms with Gasteiger partial charge in [-0.2, -0.15) is 0 Å². The van der Waals surface area contributed by atoms with Crippen molar-refractivity contribution in [3.63, 3.8) is 0 Å². The summed E-state index contributed by atoms with van der Waals surface area (Å²) in [5.41, 5.74) is 4.74. The Morgan fingerprint density at radius 1 is 1.75 bits per heavy atom. The van der Waals surface area contributed by atoms with Gasteiger partial charge in [0.15, 0.2) is 0 Å². The average molecular weight is 305 g/mol. The van der Waals surface area contributed by atoms with Gasteiger partial charge in [-0.1, -0.05) is 0 Å². The van der Waals surface area contributed by atoms with Crippen molar-refractivity contribution in [1.29, 1.82) is 0 Å². The number of likely N-dealkylation sites (tertiary alicyclic amines) is 1. The van der Waals surface area contributed by atoms with Crippen LogP contribution in [0.1, 0.15) is 11.3 Å². The zero-order valence-corrected chi connectivity index (χ0v) is 11.1. The molecule has 0 spiro atoms. The fourth-order valence-electron chi connectivity index (χ4n) is 1.88. The van der Waals surface area contributed by atoms with Crippen molar-refractivity contribution in [3.8, 4) is 0 Å². The van der Waals surface area contributed by atoms with E-state index in [0.717, 1.165) is 17.6 Å². The molecule has 1 atom stereocenters. The maximum Gasteiger partial charge on any atom is 0.325 e. The highest BCUT2D eigenvalue weighted by molar-refractivity contribution is 9.10. The molecule has 1 aromatic rings. The Bertz CT molecular complexity index is 409. The van der Waals surface area contributed by atoms with E-state index in [2.05, 4.69) is 26.9 Å². The van der Waals surface area contributed by atoms with Crippen LogP contribution in [0.15, 0.2) is 15.9 Å². The summed E-state index contributed by atoms with van der Waals surface area (Å²) in [5.74, 6) is -0.901. The molecule has 0 amide bonds. The number of aliphatic carboxylic acids is 1. The molecule has 0 radical (unpaired) electrons. The van der Waals surface area contributed by atoms with E-state index in [9.17, 15) is 4.79 Å². The van der Waals surface area contributed by atoms with Crippen LogP contribution < -0.4 is 5.73 Å². The number of carboxylic acids is 1. The Hall–Kier alpha value is -0.430. The van der Waals surface area contributed by atoms with Gasteiger partial charge in [-0.3, -0.25) is 9.69 Å². The van der Waals surface area contributed by atoms with Gasteiger partial charge in [-0.05, 0) is 28.4 Å². The molecule has 1 aliphatic rings. The first-order chi connectivity index (χ1) is 7.49. The summed E-state index contributed by atoms with van der Waals surface area (Å²) in [6.07, 6.45) is 0.523. The SMILES string of the molecule is NC1(C(=O)O)CCN(Cc2cc(Br)cs2)C1. The van der Waals surface area contributed by atoms with Crippen molar-refractivity contribution in [2.75, 3.05) is 13.1 Å². The van der Waals surface area contributed by atoms with Crippen molar-refractivity contribution < 1.29 is 9.90 Å². The molecule has 1 aliphatic heterocycles. The molecule has 1 unspecified atom stereocenters. The number of halogens is 1. The third kappa shape index (κ3) is 2.45.